The quantitative estimate of drug-likeness (QED) is 0.238. The van der Waals surface area contributed by atoms with E-state index in [1.54, 1.807) is 14.2 Å². The van der Waals surface area contributed by atoms with Gasteiger partial charge >= 0.3 is 0 Å². The van der Waals surface area contributed by atoms with Gasteiger partial charge in [0.2, 0.25) is 0 Å². The molecule has 6 nitrogen and oxygen atoms in total. The van der Waals surface area contributed by atoms with E-state index in [1.165, 1.54) is 0 Å². The van der Waals surface area contributed by atoms with Crippen LogP contribution in [0.3, 0.4) is 0 Å². The van der Waals surface area contributed by atoms with Gasteiger partial charge in [0.25, 0.3) is 0 Å². The van der Waals surface area contributed by atoms with Gasteiger partial charge in [-0.3, -0.25) is 9.20 Å². The number of hydrogen-bond donors (Lipinski definition) is 2. The highest BCUT2D eigenvalue weighted by atomic mass is 127. The molecule has 2 N–H and O–H groups in total. The van der Waals surface area contributed by atoms with Crippen LogP contribution in [-0.4, -0.2) is 49.8 Å². The fraction of sp³-hybridized carbons (Fsp3) is 0.316. The van der Waals surface area contributed by atoms with Crippen molar-refractivity contribution < 1.29 is 13.7 Å². The summed E-state index contributed by atoms with van der Waals surface area (Å²) in [4.78, 5) is 4.99. The minimum atomic E-state index is -1.02. The summed E-state index contributed by atoms with van der Waals surface area (Å²) in [6.45, 7) is 1.68. The predicted octanol–water partition coefficient (Wildman–Crippen LogP) is 2.66. The normalized spacial score (nSPS) is 11.9. The van der Waals surface area contributed by atoms with Crippen molar-refractivity contribution in [1.29, 1.82) is 0 Å². The van der Waals surface area contributed by atoms with Crippen LogP contribution >= 0.6 is 24.0 Å². The van der Waals surface area contributed by atoms with E-state index in [2.05, 4.69) is 15.6 Å². The molecule has 0 saturated heterocycles. The van der Waals surface area contributed by atoms with E-state index in [9.17, 15) is 4.21 Å². The molecule has 0 saturated carbocycles. The van der Waals surface area contributed by atoms with Gasteiger partial charge in [-0.2, -0.15) is 0 Å². The van der Waals surface area contributed by atoms with Gasteiger partial charge in [-0.1, -0.05) is 18.2 Å². The first-order chi connectivity index (χ1) is 12.7. The molecule has 2 aromatic carbocycles. The van der Waals surface area contributed by atoms with Crippen molar-refractivity contribution in [1.82, 2.24) is 10.6 Å². The molecule has 8 heteroatoms. The third-order valence-corrected chi connectivity index (χ3v) is 4.91. The van der Waals surface area contributed by atoms with Gasteiger partial charge in [0.05, 0.1) is 24.5 Å². The van der Waals surface area contributed by atoms with Crippen LogP contribution < -0.4 is 20.1 Å². The molecule has 0 aliphatic carbocycles. The summed E-state index contributed by atoms with van der Waals surface area (Å²) in [5.74, 6) is 2.77. The lowest BCUT2D eigenvalue weighted by Crippen LogP contribution is -2.40. The number of nitrogens with zero attached hydrogens (tertiary/aromatic N) is 1. The van der Waals surface area contributed by atoms with Gasteiger partial charge in [-0.15, -0.1) is 24.0 Å². The molecule has 0 aliphatic heterocycles. The Morgan fingerprint density at radius 3 is 2.26 bits per heavy atom. The topological polar surface area (TPSA) is 72.0 Å². The summed E-state index contributed by atoms with van der Waals surface area (Å²) in [6.07, 6.45) is 0. The van der Waals surface area contributed by atoms with Crippen LogP contribution in [0.2, 0.25) is 0 Å². The first-order valence-electron chi connectivity index (χ1n) is 8.37. The van der Waals surface area contributed by atoms with Gasteiger partial charge in [0.15, 0.2) is 5.96 Å². The zero-order valence-corrected chi connectivity index (χ0v) is 18.7. The summed E-state index contributed by atoms with van der Waals surface area (Å²) in [5, 5.41) is 6.32. The highest BCUT2D eigenvalue weighted by Gasteiger charge is 2.04. The summed E-state index contributed by atoms with van der Waals surface area (Å²) in [7, 11) is 2.32. The molecule has 0 bridgehead atoms. The fourth-order valence-corrected chi connectivity index (χ4v) is 3.17. The SMILES string of the molecule is CN=C(NCCOc1ccc(OC)cc1)NCCS(=O)c1ccccc1.I. The first kappa shape index (κ1) is 23.2. The molecule has 1 atom stereocenters. The second kappa shape index (κ2) is 13.4. The second-order valence-corrected chi connectivity index (χ2v) is 6.88. The van der Waals surface area contributed by atoms with E-state index in [-0.39, 0.29) is 24.0 Å². The molecule has 0 amide bonds. The lowest BCUT2D eigenvalue weighted by Gasteiger charge is -2.12. The van der Waals surface area contributed by atoms with E-state index in [0.717, 1.165) is 16.4 Å². The largest absolute Gasteiger partial charge is 0.497 e. The maximum Gasteiger partial charge on any atom is 0.191 e. The maximum atomic E-state index is 12.2. The van der Waals surface area contributed by atoms with Crippen LogP contribution in [0.25, 0.3) is 0 Å². The van der Waals surface area contributed by atoms with Crippen molar-refractivity contribution in [3.05, 3.63) is 54.6 Å². The van der Waals surface area contributed by atoms with E-state index in [0.29, 0.717) is 31.4 Å². The number of halogens is 1. The van der Waals surface area contributed by atoms with Crippen LogP contribution in [0, 0.1) is 0 Å². The molecule has 2 rings (SSSR count). The van der Waals surface area contributed by atoms with Gasteiger partial charge in [0, 0.05) is 24.2 Å². The number of aliphatic imine (C=N–C) groups is 1. The Balaban J connectivity index is 0.00000364. The zero-order valence-electron chi connectivity index (χ0n) is 15.5. The lowest BCUT2D eigenvalue weighted by atomic mass is 10.3. The standard InChI is InChI=1S/C19H25N3O3S.HI/c1-20-19(22-13-15-26(23)18-6-4-3-5-7-18)21-12-14-25-17-10-8-16(24-2)9-11-17;/h3-11H,12-15H2,1-2H3,(H2,20,21,22);1H. The average Bonchev–Trinajstić information content (AvgIpc) is 2.70. The lowest BCUT2D eigenvalue weighted by molar-refractivity contribution is 0.321. The van der Waals surface area contributed by atoms with Crippen LogP contribution in [0.5, 0.6) is 11.5 Å². The fourth-order valence-electron chi connectivity index (χ4n) is 2.18. The van der Waals surface area contributed by atoms with Gasteiger partial charge in [-0.05, 0) is 36.4 Å². The van der Waals surface area contributed by atoms with Crippen LogP contribution in [0.15, 0.2) is 64.5 Å². The van der Waals surface area contributed by atoms with Gasteiger partial charge < -0.3 is 20.1 Å². The monoisotopic (exact) mass is 503 g/mol. The van der Waals surface area contributed by atoms with Crippen molar-refractivity contribution >= 4 is 40.7 Å². The van der Waals surface area contributed by atoms with Crippen molar-refractivity contribution in [2.45, 2.75) is 4.90 Å². The smallest absolute Gasteiger partial charge is 0.191 e. The second-order valence-electron chi connectivity index (χ2n) is 5.31. The van der Waals surface area contributed by atoms with Crippen LogP contribution in [0.4, 0.5) is 0 Å². The molecule has 1 unspecified atom stereocenters. The molecule has 148 valence electrons. The Hall–Kier alpha value is -1.81. The summed E-state index contributed by atoms with van der Waals surface area (Å²) in [5.41, 5.74) is 0. The van der Waals surface area contributed by atoms with Crippen molar-refractivity contribution in [3.8, 4) is 11.5 Å². The molecule has 27 heavy (non-hydrogen) atoms. The highest BCUT2D eigenvalue weighted by molar-refractivity contribution is 14.0. The molecule has 0 aliphatic rings. The number of rotatable bonds is 9. The van der Waals surface area contributed by atoms with Crippen LogP contribution in [-0.2, 0) is 10.8 Å². The average molecular weight is 503 g/mol. The molecule has 0 aromatic heterocycles. The minimum absolute atomic E-state index is 0. The molecular formula is C19H26IN3O3S. The zero-order chi connectivity index (χ0) is 18.6. The number of hydrogen-bond acceptors (Lipinski definition) is 4. The third kappa shape index (κ3) is 8.61. The van der Waals surface area contributed by atoms with Crippen LogP contribution in [0.1, 0.15) is 0 Å². The number of benzene rings is 2. The molecule has 2 aromatic rings. The first-order valence-corrected chi connectivity index (χ1v) is 9.69. The molecule has 0 spiro atoms. The Bertz CT molecular complexity index is 712. The number of nitrogens with one attached hydrogen (secondary N) is 2. The van der Waals surface area contributed by atoms with Gasteiger partial charge in [0.1, 0.15) is 18.1 Å². The summed E-state index contributed by atoms with van der Waals surface area (Å²) < 4.78 is 22.9. The number of guanidine groups is 1. The van der Waals surface area contributed by atoms with Crippen molar-refractivity contribution in [2.24, 2.45) is 4.99 Å². The Labute approximate surface area is 180 Å². The Morgan fingerprint density at radius 2 is 1.63 bits per heavy atom. The van der Waals surface area contributed by atoms with E-state index in [4.69, 9.17) is 9.47 Å². The maximum absolute atomic E-state index is 12.2. The molecule has 0 fully saturated rings. The number of methoxy groups -OCH3 is 1. The van der Waals surface area contributed by atoms with E-state index in [1.807, 2.05) is 54.6 Å². The third-order valence-electron chi connectivity index (χ3n) is 3.53. The minimum Gasteiger partial charge on any atom is -0.497 e. The predicted molar refractivity (Wildman–Crippen MR) is 121 cm³/mol. The molecule has 0 radical (unpaired) electrons. The highest BCUT2D eigenvalue weighted by Crippen LogP contribution is 2.16. The van der Waals surface area contributed by atoms with E-state index < -0.39 is 10.8 Å². The Morgan fingerprint density at radius 1 is 1.00 bits per heavy atom. The summed E-state index contributed by atoms with van der Waals surface area (Å²) >= 11 is 0. The van der Waals surface area contributed by atoms with E-state index >= 15 is 0 Å². The van der Waals surface area contributed by atoms with Crippen molar-refractivity contribution in [2.75, 3.05) is 39.6 Å². The molecular weight excluding hydrogens is 477 g/mol. The Kier molecular flexibility index (Phi) is 11.5. The van der Waals surface area contributed by atoms with Crippen molar-refractivity contribution in [3.63, 3.8) is 0 Å². The summed E-state index contributed by atoms with van der Waals surface area (Å²) in [6, 6.07) is 16.9. The number of ether oxygens (including phenoxy) is 2. The van der Waals surface area contributed by atoms with Gasteiger partial charge in [-0.25, -0.2) is 0 Å². The molecule has 0 heterocycles.